The average molecular weight is 239 g/mol. The normalized spacial score (nSPS) is 21.8. The monoisotopic (exact) mass is 239 g/mol. The van der Waals surface area contributed by atoms with E-state index in [2.05, 4.69) is 27.5 Å². The highest BCUT2D eigenvalue weighted by Gasteiger charge is 2.23. The second kappa shape index (κ2) is 5.75. The zero-order valence-electron chi connectivity index (χ0n) is 10.2. The highest BCUT2D eigenvalue weighted by Crippen LogP contribution is 2.22. The minimum Gasteiger partial charge on any atom is -0.314 e. The van der Waals surface area contributed by atoms with Crippen molar-refractivity contribution in [3.05, 3.63) is 16.1 Å². The number of aromatic nitrogens is 1. The fraction of sp³-hybridized carbons (Fsp3) is 0.750. The van der Waals surface area contributed by atoms with Crippen LogP contribution in [0, 0.1) is 0 Å². The standard InChI is InChI=1S/C12H21N3S/c1-3-11-5-4-6-15(11)8-10-9-16-12(14-10)7-13-2/h9,11,13H,3-8H2,1-2H3. The van der Waals surface area contributed by atoms with E-state index in [1.165, 1.54) is 36.5 Å². The Balaban J connectivity index is 1.92. The summed E-state index contributed by atoms with van der Waals surface area (Å²) < 4.78 is 0. The molecule has 1 aliphatic heterocycles. The minimum atomic E-state index is 0.787. The molecule has 1 atom stereocenters. The third kappa shape index (κ3) is 2.81. The quantitative estimate of drug-likeness (QED) is 0.854. The molecule has 0 saturated carbocycles. The summed E-state index contributed by atoms with van der Waals surface area (Å²) in [7, 11) is 1.97. The van der Waals surface area contributed by atoms with Crippen LogP contribution in [0.1, 0.15) is 36.9 Å². The summed E-state index contributed by atoms with van der Waals surface area (Å²) in [6.07, 6.45) is 3.99. The predicted octanol–water partition coefficient (Wildman–Crippen LogP) is 2.24. The van der Waals surface area contributed by atoms with Crippen molar-refractivity contribution in [3.63, 3.8) is 0 Å². The molecule has 0 aromatic carbocycles. The van der Waals surface area contributed by atoms with Crippen molar-refractivity contribution < 1.29 is 0 Å². The lowest BCUT2D eigenvalue weighted by Gasteiger charge is -2.21. The molecule has 2 rings (SSSR count). The first-order valence-electron chi connectivity index (χ1n) is 6.15. The van der Waals surface area contributed by atoms with Gasteiger partial charge in [0.2, 0.25) is 0 Å². The van der Waals surface area contributed by atoms with E-state index in [-0.39, 0.29) is 0 Å². The van der Waals surface area contributed by atoms with Gasteiger partial charge in [0.25, 0.3) is 0 Å². The Morgan fingerprint density at radius 3 is 3.25 bits per heavy atom. The summed E-state index contributed by atoms with van der Waals surface area (Å²) in [5.41, 5.74) is 1.25. The van der Waals surface area contributed by atoms with Gasteiger partial charge in [0.1, 0.15) is 5.01 Å². The van der Waals surface area contributed by atoms with Crippen molar-refractivity contribution >= 4 is 11.3 Å². The first kappa shape index (κ1) is 12.0. The Hall–Kier alpha value is -0.450. The second-order valence-electron chi connectivity index (χ2n) is 4.44. The first-order valence-corrected chi connectivity index (χ1v) is 7.03. The van der Waals surface area contributed by atoms with Crippen molar-refractivity contribution in [3.8, 4) is 0 Å². The molecule has 1 aromatic heterocycles. The maximum Gasteiger partial charge on any atom is 0.107 e. The van der Waals surface area contributed by atoms with Crippen molar-refractivity contribution in [1.29, 1.82) is 0 Å². The fourth-order valence-electron chi connectivity index (χ4n) is 2.43. The van der Waals surface area contributed by atoms with Crippen LogP contribution >= 0.6 is 11.3 Å². The molecule has 2 heterocycles. The number of hydrogen-bond donors (Lipinski definition) is 1. The summed E-state index contributed by atoms with van der Waals surface area (Å²) >= 11 is 1.77. The van der Waals surface area contributed by atoms with E-state index >= 15 is 0 Å². The molecule has 1 aromatic rings. The smallest absolute Gasteiger partial charge is 0.107 e. The zero-order chi connectivity index (χ0) is 11.4. The molecule has 0 aliphatic carbocycles. The van der Waals surface area contributed by atoms with Gasteiger partial charge in [-0.25, -0.2) is 4.98 Å². The van der Waals surface area contributed by atoms with Gasteiger partial charge >= 0.3 is 0 Å². The summed E-state index contributed by atoms with van der Waals surface area (Å²) in [6.45, 7) is 5.47. The molecule has 0 amide bonds. The molecular formula is C12H21N3S. The zero-order valence-corrected chi connectivity index (χ0v) is 11.0. The SMILES string of the molecule is CCC1CCCN1Cc1csc(CNC)n1. The molecule has 4 heteroatoms. The number of nitrogens with zero attached hydrogens (tertiary/aromatic N) is 2. The van der Waals surface area contributed by atoms with Crippen LogP contribution in [0.15, 0.2) is 5.38 Å². The van der Waals surface area contributed by atoms with Crippen LogP contribution in [-0.2, 0) is 13.1 Å². The third-order valence-corrected chi connectivity index (χ3v) is 4.16. The molecule has 1 N–H and O–H groups in total. The van der Waals surface area contributed by atoms with E-state index in [9.17, 15) is 0 Å². The number of hydrogen-bond acceptors (Lipinski definition) is 4. The summed E-state index contributed by atoms with van der Waals surface area (Å²) in [6, 6.07) is 0.787. The van der Waals surface area contributed by atoms with Crippen LogP contribution in [0.5, 0.6) is 0 Å². The van der Waals surface area contributed by atoms with Crippen LogP contribution in [0.4, 0.5) is 0 Å². The maximum atomic E-state index is 4.65. The van der Waals surface area contributed by atoms with Crippen LogP contribution < -0.4 is 5.32 Å². The molecule has 16 heavy (non-hydrogen) atoms. The minimum absolute atomic E-state index is 0.787. The first-order chi connectivity index (χ1) is 7.83. The number of rotatable bonds is 5. The Morgan fingerprint density at radius 1 is 1.62 bits per heavy atom. The topological polar surface area (TPSA) is 28.2 Å². The van der Waals surface area contributed by atoms with Crippen LogP contribution in [-0.4, -0.2) is 29.5 Å². The number of thiazole rings is 1. The Kier molecular flexibility index (Phi) is 4.32. The van der Waals surface area contributed by atoms with Crippen molar-refractivity contribution in [2.45, 2.75) is 45.3 Å². The molecule has 1 aliphatic rings. The molecule has 1 saturated heterocycles. The molecule has 3 nitrogen and oxygen atoms in total. The predicted molar refractivity (Wildman–Crippen MR) is 68.6 cm³/mol. The lowest BCUT2D eigenvalue weighted by atomic mass is 10.2. The van der Waals surface area contributed by atoms with Gasteiger partial charge in [-0.05, 0) is 32.9 Å². The highest BCUT2D eigenvalue weighted by molar-refractivity contribution is 7.09. The fourth-order valence-corrected chi connectivity index (χ4v) is 3.22. The Morgan fingerprint density at radius 2 is 2.50 bits per heavy atom. The van der Waals surface area contributed by atoms with Crippen LogP contribution in [0.25, 0.3) is 0 Å². The van der Waals surface area contributed by atoms with Gasteiger partial charge in [0, 0.05) is 24.5 Å². The van der Waals surface area contributed by atoms with E-state index < -0.39 is 0 Å². The van der Waals surface area contributed by atoms with Gasteiger partial charge in [-0.15, -0.1) is 11.3 Å². The Labute approximate surface area is 102 Å². The lowest BCUT2D eigenvalue weighted by molar-refractivity contribution is 0.237. The van der Waals surface area contributed by atoms with E-state index in [0.29, 0.717) is 0 Å². The van der Waals surface area contributed by atoms with E-state index in [0.717, 1.165) is 19.1 Å². The molecule has 1 unspecified atom stereocenters. The highest BCUT2D eigenvalue weighted by atomic mass is 32.1. The van der Waals surface area contributed by atoms with Gasteiger partial charge in [-0.3, -0.25) is 4.90 Å². The maximum absolute atomic E-state index is 4.65. The van der Waals surface area contributed by atoms with Gasteiger partial charge in [0.05, 0.1) is 5.69 Å². The van der Waals surface area contributed by atoms with Crippen molar-refractivity contribution in [1.82, 2.24) is 15.2 Å². The Bertz CT molecular complexity index is 324. The molecule has 1 fully saturated rings. The largest absolute Gasteiger partial charge is 0.314 e. The molecule has 90 valence electrons. The van der Waals surface area contributed by atoms with E-state index in [4.69, 9.17) is 0 Å². The average Bonchev–Trinajstić information content (AvgIpc) is 2.89. The summed E-state index contributed by atoms with van der Waals surface area (Å²) in [5, 5.41) is 6.55. The lowest BCUT2D eigenvalue weighted by Crippen LogP contribution is -2.28. The molecule has 0 radical (unpaired) electrons. The van der Waals surface area contributed by atoms with E-state index in [1.54, 1.807) is 11.3 Å². The van der Waals surface area contributed by atoms with Crippen molar-refractivity contribution in [2.75, 3.05) is 13.6 Å². The van der Waals surface area contributed by atoms with Crippen molar-refractivity contribution in [2.24, 2.45) is 0 Å². The van der Waals surface area contributed by atoms with Crippen LogP contribution in [0.3, 0.4) is 0 Å². The molecule has 0 bridgehead atoms. The van der Waals surface area contributed by atoms with E-state index in [1.807, 2.05) is 7.05 Å². The van der Waals surface area contributed by atoms with Gasteiger partial charge in [-0.2, -0.15) is 0 Å². The summed E-state index contributed by atoms with van der Waals surface area (Å²) in [5.74, 6) is 0. The van der Waals surface area contributed by atoms with Gasteiger partial charge in [0.15, 0.2) is 0 Å². The number of nitrogens with one attached hydrogen (secondary N) is 1. The van der Waals surface area contributed by atoms with Gasteiger partial charge in [-0.1, -0.05) is 6.92 Å². The molecular weight excluding hydrogens is 218 g/mol. The third-order valence-electron chi connectivity index (χ3n) is 3.26. The molecule has 0 spiro atoms. The van der Waals surface area contributed by atoms with Gasteiger partial charge < -0.3 is 5.32 Å². The summed E-state index contributed by atoms with van der Waals surface area (Å²) in [4.78, 5) is 7.23. The van der Waals surface area contributed by atoms with Crippen LogP contribution in [0.2, 0.25) is 0 Å². The second-order valence-corrected chi connectivity index (χ2v) is 5.38. The number of likely N-dealkylation sites (tertiary alicyclic amines) is 1.